The quantitative estimate of drug-likeness (QED) is 0.552. The summed E-state index contributed by atoms with van der Waals surface area (Å²) in [6.45, 7) is 0. The van der Waals surface area contributed by atoms with Crippen molar-refractivity contribution in [1.29, 1.82) is 0 Å². The van der Waals surface area contributed by atoms with Crippen LogP contribution in [0.4, 0.5) is 4.39 Å². The van der Waals surface area contributed by atoms with Crippen molar-refractivity contribution in [2.45, 2.75) is 0 Å². The van der Waals surface area contributed by atoms with Crippen LogP contribution in [0.3, 0.4) is 0 Å². The number of benzene rings is 1. The van der Waals surface area contributed by atoms with Crippen LogP contribution in [0.1, 0.15) is 0 Å². The van der Waals surface area contributed by atoms with Crippen LogP contribution in [0.25, 0.3) is 27.6 Å². The van der Waals surface area contributed by atoms with Gasteiger partial charge in [0.2, 0.25) is 0 Å². The number of fused-ring (bicyclic) bond motifs is 1. The molecule has 3 heterocycles. The van der Waals surface area contributed by atoms with E-state index >= 15 is 0 Å². The van der Waals surface area contributed by atoms with Crippen molar-refractivity contribution in [1.82, 2.24) is 14.5 Å². The van der Waals surface area contributed by atoms with E-state index in [0.717, 1.165) is 10.4 Å². The maximum Gasteiger partial charge on any atom is 0.165 e. The third kappa shape index (κ3) is 1.94. The summed E-state index contributed by atoms with van der Waals surface area (Å²) in [6.07, 6.45) is 1.69. The molecule has 102 valence electrons. The molecule has 0 aliphatic heterocycles. The molecule has 0 spiro atoms. The smallest absolute Gasteiger partial charge is 0.165 e. The minimum Gasteiger partial charge on any atom is -0.273 e. The molecule has 1 aromatic carbocycles. The Hall–Kier alpha value is -2.53. The summed E-state index contributed by atoms with van der Waals surface area (Å²) < 4.78 is 16.0. The molecule has 21 heavy (non-hydrogen) atoms. The number of aromatic nitrogens is 3. The first-order valence-corrected chi connectivity index (χ1v) is 7.35. The Morgan fingerprint density at radius 2 is 1.90 bits per heavy atom. The zero-order chi connectivity index (χ0) is 14.2. The maximum atomic E-state index is 14.2. The van der Waals surface area contributed by atoms with E-state index in [4.69, 9.17) is 0 Å². The maximum absolute atomic E-state index is 14.2. The monoisotopic (exact) mass is 295 g/mol. The summed E-state index contributed by atoms with van der Waals surface area (Å²) in [6, 6.07) is 14.3. The van der Waals surface area contributed by atoms with Crippen LogP contribution in [-0.4, -0.2) is 14.5 Å². The van der Waals surface area contributed by atoms with Gasteiger partial charge in [-0.2, -0.15) is 0 Å². The molecular weight excluding hydrogens is 285 g/mol. The zero-order valence-electron chi connectivity index (χ0n) is 10.9. The lowest BCUT2D eigenvalue weighted by Crippen LogP contribution is -2.00. The predicted molar refractivity (Wildman–Crippen MR) is 82.1 cm³/mol. The van der Waals surface area contributed by atoms with Crippen molar-refractivity contribution in [3.63, 3.8) is 0 Å². The van der Waals surface area contributed by atoms with Crippen LogP contribution in [0.15, 0.2) is 60.1 Å². The van der Waals surface area contributed by atoms with E-state index < -0.39 is 0 Å². The third-order valence-corrected chi connectivity index (χ3v) is 4.12. The fourth-order valence-corrected chi connectivity index (χ4v) is 3.05. The van der Waals surface area contributed by atoms with E-state index in [1.54, 1.807) is 34.2 Å². The van der Waals surface area contributed by atoms with Gasteiger partial charge in [-0.3, -0.25) is 4.57 Å². The number of hydrogen-bond acceptors (Lipinski definition) is 3. The minimum atomic E-state index is -0.291. The van der Waals surface area contributed by atoms with Crippen LogP contribution in [0, 0.1) is 5.82 Å². The van der Waals surface area contributed by atoms with E-state index in [1.165, 1.54) is 6.07 Å². The number of para-hydroxylation sites is 1. The lowest BCUT2D eigenvalue weighted by atomic mass is 10.3. The standard InChI is InChI=1S/C16H10FN3S/c17-11-5-1-2-7-13(11)20-15-12(6-3-9-18-15)19-16(20)14-8-4-10-21-14/h1-10H. The van der Waals surface area contributed by atoms with Crippen LogP contribution >= 0.6 is 11.3 Å². The van der Waals surface area contributed by atoms with E-state index in [1.807, 2.05) is 35.7 Å². The minimum absolute atomic E-state index is 0.291. The predicted octanol–water partition coefficient (Wildman–Crippen LogP) is 4.29. The second kappa shape index (κ2) is 4.79. The molecule has 3 aromatic heterocycles. The topological polar surface area (TPSA) is 30.7 Å². The van der Waals surface area contributed by atoms with Gasteiger partial charge in [-0.25, -0.2) is 14.4 Å². The normalized spacial score (nSPS) is 11.1. The summed E-state index contributed by atoms with van der Waals surface area (Å²) in [5, 5.41) is 1.98. The Morgan fingerprint density at radius 3 is 2.71 bits per heavy atom. The second-order valence-electron chi connectivity index (χ2n) is 4.55. The first-order chi connectivity index (χ1) is 10.3. The molecule has 0 radical (unpaired) electrons. The number of hydrogen-bond donors (Lipinski definition) is 0. The van der Waals surface area contributed by atoms with Crippen LogP contribution in [0.5, 0.6) is 0 Å². The summed E-state index contributed by atoms with van der Waals surface area (Å²) in [5.41, 5.74) is 1.87. The highest BCUT2D eigenvalue weighted by molar-refractivity contribution is 7.13. The first kappa shape index (κ1) is 12.2. The Kier molecular flexibility index (Phi) is 2.79. The average molecular weight is 295 g/mol. The highest BCUT2D eigenvalue weighted by atomic mass is 32.1. The molecular formula is C16H10FN3S. The molecule has 0 amide bonds. The summed E-state index contributed by atoms with van der Waals surface area (Å²) in [4.78, 5) is 9.97. The van der Waals surface area contributed by atoms with Gasteiger partial charge in [0.1, 0.15) is 11.3 Å². The molecule has 0 fully saturated rings. The van der Waals surface area contributed by atoms with Crippen molar-refractivity contribution in [2.75, 3.05) is 0 Å². The van der Waals surface area contributed by atoms with E-state index in [2.05, 4.69) is 9.97 Å². The highest BCUT2D eigenvalue weighted by Crippen LogP contribution is 2.30. The first-order valence-electron chi connectivity index (χ1n) is 6.47. The van der Waals surface area contributed by atoms with Gasteiger partial charge in [-0.05, 0) is 35.7 Å². The van der Waals surface area contributed by atoms with Gasteiger partial charge in [0, 0.05) is 6.20 Å². The zero-order valence-corrected chi connectivity index (χ0v) is 11.7. The van der Waals surface area contributed by atoms with Gasteiger partial charge in [0.25, 0.3) is 0 Å². The molecule has 0 saturated heterocycles. The van der Waals surface area contributed by atoms with Crippen molar-refractivity contribution < 1.29 is 4.39 Å². The van der Waals surface area contributed by atoms with Crippen molar-refractivity contribution in [3.8, 4) is 16.4 Å². The van der Waals surface area contributed by atoms with E-state index in [0.29, 0.717) is 17.2 Å². The summed E-state index contributed by atoms with van der Waals surface area (Å²) >= 11 is 1.57. The van der Waals surface area contributed by atoms with Crippen molar-refractivity contribution in [2.24, 2.45) is 0 Å². The lowest BCUT2D eigenvalue weighted by Gasteiger charge is -2.08. The number of imidazole rings is 1. The molecule has 0 saturated carbocycles. The van der Waals surface area contributed by atoms with Gasteiger partial charge in [0.15, 0.2) is 11.5 Å². The Labute approximate surface area is 124 Å². The molecule has 4 rings (SSSR count). The molecule has 5 heteroatoms. The molecule has 4 aromatic rings. The number of thiophene rings is 1. The number of pyridine rings is 1. The van der Waals surface area contributed by atoms with E-state index in [-0.39, 0.29) is 5.82 Å². The Bertz CT molecular complexity index is 912. The molecule has 3 nitrogen and oxygen atoms in total. The van der Waals surface area contributed by atoms with Crippen molar-refractivity contribution >= 4 is 22.5 Å². The van der Waals surface area contributed by atoms with Gasteiger partial charge < -0.3 is 0 Å². The molecule has 0 aliphatic carbocycles. The molecule has 0 N–H and O–H groups in total. The number of halogens is 1. The molecule has 0 bridgehead atoms. The SMILES string of the molecule is Fc1ccccc1-n1c(-c2cccs2)nc2cccnc21. The molecule has 0 unspecified atom stereocenters. The fourth-order valence-electron chi connectivity index (χ4n) is 2.34. The van der Waals surface area contributed by atoms with Gasteiger partial charge >= 0.3 is 0 Å². The summed E-state index contributed by atoms with van der Waals surface area (Å²) in [5.74, 6) is 0.420. The van der Waals surface area contributed by atoms with Crippen LogP contribution in [-0.2, 0) is 0 Å². The van der Waals surface area contributed by atoms with Crippen LogP contribution in [0.2, 0.25) is 0 Å². The third-order valence-electron chi connectivity index (χ3n) is 3.25. The number of rotatable bonds is 2. The van der Waals surface area contributed by atoms with Crippen LogP contribution < -0.4 is 0 Å². The average Bonchev–Trinajstić information content (AvgIpc) is 3.15. The molecule has 0 aliphatic rings. The highest BCUT2D eigenvalue weighted by Gasteiger charge is 2.17. The second-order valence-corrected chi connectivity index (χ2v) is 5.49. The number of nitrogens with zero attached hydrogens (tertiary/aromatic N) is 3. The van der Waals surface area contributed by atoms with Gasteiger partial charge in [-0.15, -0.1) is 11.3 Å². The van der Waals surface area contributed by atoms with E-state index in [9.17, 15) is 4.39 Å². The Balaban J connectivity index is 2.11. The van der Waals surface area contributed by atoms with Gasteiger partial charge in [0.05, 0.1) is 10.6 Å². The fraction of sp³-hybridized carbons (Fsp3) is 0. The largest absolute Gasteiger partial charge is 0.273 e. The summed E-state index contributed by atoms with van der Waals surface area (Å²) in [7, 11) is 0. The molecule has 0 atom stereocenters. The Morgan fingerprint density at radius 1 is 1.00 bits per heavy atom. The van der Waals surface area contributed by atoms with Crippen molar-refractivity contribution in [3.05, 3.63) is 65.9 Å². The van der Waals surface area contributed by atoms with Gasteiger partial charge in [-0.1, -0.05) is 18.2 Å². The lowest BCUT2D eigenvalue weighted by molar-refractivity contribution is 0.619.